The first kappa shape index (κ1) is 15.8. The number of anilines is 1. The van der Waals surface area contributed by atoms with E-state index in [9.17, 15) is 0 Å². The lowest BCUT2D eigenvalue weighted by atomic mass is 9.77. The van der Waals surface area contributed by atoms with Crippen molar-refractivity contribution in [3.8, 4) is 11.3 Å². The van der Waals surface area contributed by atoms with Gasteiger partial charge in [-0.25, -0.2) is 9.97 Å². The molecule has 3 aromatic heterocycles. The number of rotatable bonds is 2. The van der Waals surface area contributed by atoms with Gasteiger partial charge in [0.15, 0.2) is 0 Å². The van der Waals surface area contributed by atoms with E-state index in [-0.39, 0.29) is 0 Å². The molecule has 136 valence electrons. The normalized spacial score (nSPS) is 19.7. The molecule has 1 spiro atoms. The van der Waals surface area contributed by atoms with Crippen molar-refractivity contribution in [3.05, 3.63) is 17.6 Å². The predicted molar refractivity (Wildman–Crippen MR) is 101 cm³/mol. The third-order valence-corrected chi connectivity index (χ3v) is 6.44. The highest BCUT2D eigenvalue weighted by Crippen LogP contribution is 2.46. The molecule has 26 heavy (non-hydrogen) atoms. The van der Waals surface area contributed by atoms with E-state index in [4.69, 9.17) is 9.97 Å². The Balaban J connectivity index is 1.43. The molecule has 0 bridgehead atoms. The second-order valence-electron chi connectivity index (χ2n) is 8.00. The van der Waals surface area contributed by atoms with Crippen LogP contribution >= 0.6 is 0 Å². The highest BCUT2D eigenvalue weighted by atomic mass is 15.2. The summed E-state index contributed by atoms with van der Waals surface area (Å²) >= 11 is 0. The Morgan fingerprint density at radius 2 is 1.77 bits per heavy atom. The minimum absolute atomic E-state index is 0.615. The third-order valence-electron chi connectivity index (χ3n) is 6.44. The molecule has 0 unspecified atom stereocenters. The van der Waals surface area contributed by atoms with Crippen LogP contribution in [-0.4, -0.2) is 43.5 Å². The standard InChI is InChI=1S/C19H25N7/c1-12-15(13(2)23-22-12)16-17-18(25-24-16)21-14(11-20-17)26-9-7-19(8-10-26)5-3-4-6-19/h11H,3-10H2,1-2H3,(H,22,23)(H,21,24,25). The Kier molecular flexibility index (Phi) is 3.52. The molecule has 1 aliphatic carbocycles. The number of nitrogens with zero attached hydrogens (tertiary/aromatic N) is 5. The van der Waals surface area contributed by atoms with Gasteiger partial charge in [-0.15, -0.1) is 0 Å². The average Bonchev–Trinajstić information content (AvgIpc) is 3.35. The number of piperidine rings is 1. The number of fused-ring (bicyclic) bond motifs is 1. The van der Waals surface area contributed by atoms with Crippen molar-refractivity contribution in [2.75, 3.05) is 18.0 Å². The Morgan fingerprint density at radius 3 is 2.46 bits per heavy atom. The second-order valence-corrected chi connectivity index (χ2v) is 8.00. The van der Waals surface area contributed by atoms with Crippen molar-refractivity contribution < 1.29 is 0 Å². The smallest absolute Gasteiger partial charge is 0.202 e. The molecule has 2 aliphatic rings. The zero-order chi connectivity index (χ0) is 17.7. The zero-order valence-corrected chi connectivity index (χ0v) is 15.5. The van der Waals surface area contributed by atoms with Crippen molar-refractivity contribution >= 4 is 17.0 Å². The number of aryl methyl sites for hydroxylation is 2. The molecule has 0 aromatic carbocycles. The van der Waals surface area contributed by atoms with Crippen molar-refractivity contribution in [2.45, 2.75) is 52.4 Å². The second kappa shape index (κ2) is 5.79. The minimum atomic E-state index is 0.615. The first-order valence-electron chi connectivity index (χ1n) is 9.63. The Morgan fingerprint density at radius 1 is 1.00 bits per heavy atom. The van der Waals surface area contributed by atoms with E-state index >= 15 is 0 Å². The van der Waals surface area contributed by atoms with Gasteiger partial charge in [-0.1, -0.05) is 12.8 Å². The Labute approximate surface area is 152 Å². The summed E-state index contributed by atoms with van der Waals surface area (Å²) in [5.74, 6) is 0.948. The van der Waals surface area contributed by atoms with Crippen LogP contribution in [0.3, 0.4) is 0 Å². The zero-order valence-electron chi connectivity index (χ0n) is 15.5. The summed E-state index contributed by atoms with van der Waals surface area (Å²) < 4.78 is 0. The average molecular weight is 351 g/mol. The van der Waals surface area contributed by atoms with Crippen LogP contribution in [-0.2, 0) is 0 Å². The fourth-order valence-electron chi connectivity index (χ4n) is 4.87. The van der Waals surface area contributed by atoms with Gasteiger partial charge in [0.1, 0.15) is 11.3 Å². The van der Waals surface area contributed by atoms with Crippen LogP contribution in [0.5, 0.6) is 0 Å². The molecule has 7 nitrogen and oxygen atoms in total. The predicted octanol–water partition coefficient (Wildman–Crippen LogP) is 3.52. The Bertz CT molecular complexity index is 919. The van der Waals surface area contributed by atoms with Crippen LogP contribution in [0.4, 0.5) is 5.82 Å². The van der Waals surface area contributed by atoms with Gasteiger partial charge in [-0.2, -0.15) is 10.2 Å². The van der Waals surface area contributed by atoms with E-state index in [1.165, 1.54) is 38.5 Å². The summed E-state index contributed by atoms with van der Waals surface area (Å²) in [6.07, 6.45) is 10.1. The molecule has 0 radical (unpaired) electrons. The van der Waals surface area contributed by atoms with E-state index < -0.39 is 0 Å². The molecule has 5 rings (SSSR count). The number of aromatic nitrogens is 6. The number of hydrogen-bond donors (Lipinski definition) is 2. The molecule has 3 aromatic rings. The maximum absolute atomic E-state index is 4.79. The largest absolute Gasteiger partial charge is 0.355 e. The molecule has 0 atom stereocenters. The van der Waals surface area contributed by atoms with Crippen molar-refractivity contribution in [3.63, 3.8) is 0 Å². The van der Waals surface area contributed by atoms with Gasteiger partial charge in [0.2, 0.25) is 5.65 Å². The molecule has 1 saturated heterocycles. The number of aromatic amines is 2. The van der Waals surface area contributed by atoms with E-state index in [0.29, 0.717) is 11.1 Å². The van der Waals surface area contributed by atoms with Crippen molar-refractivity contribution in [1.82, 2.24) is 30.4 Å². The van der Waals surface area contributed by atoms with Gasteiger partial charge >= 0.3 is 0 Å². The van der Waals surface area contributed by atoms with Crippen LogP contribution in [0.2, 0.25) is 0 Å². The fraction of sp³-hybridized carbons (Fsp3) is 0.579. The van der Waals surface area contributed by atoms with E-state index in [1.807, 2.05) is 20.0 Å². The van der Waals surface area contributed by atoms with Gasteiger partial charge in [-0.3, -0.25) is 10.2 Å². The topological polar surface area (TPSA) is 86.4 Å². The highest BCUT2D eigenvalue weighted by Gasteiger charge is 2.37. The number of nitrogens with one attached hydrogen (secondary N) is 2. The van der Waals surface area contributed by atoms with E-state index in [0.717, 1.165) is 47.1 Å². The molecule has 4 heterocycles. The van der Waals surface area contributed by atoms with Gasteiger partial charge in [-0.05, 0) is 44.9 Å². The fourth-order valence-corrected chi connectivity index (χ4v) is 4.87. The molecule has 2 fully saturated rings. The molecule has 2 N–H and O–H groups in total. The minimum Gasteiger partial charge on any atom is -0.355 e. The molecular weight excluding hydrogens is 326 g/mol. The lowest BCUT2D eigenvalue weighted by Gasteiger charge is -2.39. The lowest BCUT2D eigenvalue weighted by Crippen LogP contribution is -2.39. The van der Waals surface area contributed by atoms with E-state index in [1.54, 1.807) is 0 Å². The first-order chi connectivity index (χ1) is 12.7. The van der Waals surface area contributed by atoms with Crippen molar-refractivity contribution in [2.24, 2.45) is 5.41 Å². The van der Waals surface area contributed by atoms with Gasteiger partial charge in [0.05, 0.1) is 17.6 Å². The summed E-state index contributed by atoms with van der Waals surface area (Å²) in [7, 11) is 0. The number of hydrogen-bond acceptors (Lipinski definition) is 5. The van der Waals surface area contributed by atoms with Crippen LogP contribution in [0.15, 0.2) is 6.20 Å². The maximum Gasteiger partial charge on any atom is 0.202 e. The monoisotopic (exact) mass is 351 g/mol. The summed E-state index contributed by atoms with van der Waals surface area (Å²) in [6.45, 7) is 6.16. The molecule has 1 aliphatic heterocycles. The van der Waals surface area contributed by atoms with Crippen LogP contribution in [0, 0.1) is 19.3 Å². The first-order valence-corrected chi connectivity index (χ1v) is 9.63. The van der Waals surface area contributed by atoms with E-state index in [2.05, 4.69) is 25.3 Å². The van der Waals surface area contributed by atoms with Crippen molar-refractivity contribution in [1.29, 1.82) is 0 Å². The van der Waals surface area contributed by atoms with Crippen LogP contribution in [0.25, 0.3) is 22.4 Å². The molecule has 0 amide bonds. The SMILES string of the molecule is Cc1n[nH]c(C)c1-c1[nH]nc2nc(N3CCC4(CCCC4)CC3)cnc12. The van der Waals surface area contributed by atoms with Gasteiger partial charge < -0.3 is 4.90 Å². The summed E-state index contributed by atoms with van der Waals surface area (Å²) in [5.41, 5.74) is 5.99. The van der Waals surface area contributed by atoms with Crippen LogP contribution in [0.1, 0.15) is 49.9 Å². The van der Waals surface area contributed by atoms with Gasteiger partial charge in [0.25, 0.3) is 0 Å². The molecule has 1 saturated carbocycles. The maximum atomic E-state index is 4.79. The molecule has 7 heteroatoms. The highest BCUT2D eigenvalue weighted by molar-refractivity contribution is 5.89. The third kappa shape index (κ3) is 2.40. The summed E-state index contributed by atoms with van der Waals surface area (Å²) in [5, 5.41) is 14.8. The lowest BCUT2D eigenvalue weighted by molar-refractivity contribution is 0.226. The van der Waals surface area contributed by atoms with Gasteiger partial charge in [0, 0.05) is 24.3 Å². The summed E-state index contributed by atoms with van der Waals surface area (Å²) in [4.78, 5) is 11.9. The quantitative estimate of drug-likeness (QED) is 0.738. The molecular formula is C19H25N7. The van der Waals surface area contributed by atoms with Crippen LogP contribution < -0.4 is 4.90 Å². The summed E-state index contributed by atoms with van der Waals surface area (Å²) in [6, 6.07) is 0. The number of H-pyrrole nitrogens is 2. The Hall–Kier alpha value is -2.44.